The minimum absolute atomic E-state index is 0.219. The molecule has 0 aliphatic rings. The topological polar surface area (TPSA) is 80.5 Å². The number of halogens is 1. The minimum Gasteiger partial charge on any atom is -0.497 e. The van der Waals surface area contributed by atoms with E-state index in [0.29, 0.717) is 15.7 Å². The fourth-order valence-electron chi connectivity index (χ4n) is 2.52. The number of urea groups is 1. The van der Waals surface area contributed by atoms with Crippen LogP contribution < -0.4 is 15.4 Å². The Balaban J connectivity index is 1.53. The molecule has 0 radical (unpaired) electrons. The molecule has 2 aromatic heterocycles. The van der Waals surface area contributed by atoms with Crippen molar-refractivity contribution in [1.82, 2.24) is 14.6 Å². The number of ether oxygens (including phenoxy) is 1. The second-order valence-electron chi connectivity index (χ2n) is 5.57. The number of carbonyl (C=O) groups is 1. The molecule has 0 spiro atoms. The number of fused-ring (bicyclic) bond motifs is 1. The van der Waals surface area contributed by atoms with Gasteiger partial charge in [-0.2, -0.15) is 4.98 Å². The lowest BCUT2D eigenvalue weighted by Gasteiger charge is -2.05. The number of nitrogens with zero attached hydrogens (tertiary/aromatic N) is 3. The van der Waals surface area contributed by atoms with E-state index in [4.69, 9.17) is 16.3 Å². The Bertz CT molecular complexity index is 1110. The molecule has 0 fully saturated rings. The number of nitrogens with one attached hydrogen (secondary N) is 2. The number of carbonyl (C=O) groups excluding carboxylic acids is 1. The summed E-state index contributed by atoms with van der Waals surface area (Å²) >= 11 is 7.36. The van der Waals surface area contributed by atoms with Crippen LogP contribution in [0.15, 0.2) is 53.9 Å². The van der Waals surface area contributed by atoms with Gasteiger partial charge in [0.2, 0.25) is 4.96 Å². The Morgan fingerprint density at radius 3 is 2.74 bits per heavy atom. The van der Waals surface area contributed by atoms with Gasteiger partial charge in [-0.05, 0) is 42.5 Å². The van der Waals surface area contributed by atoms with Crippen molar-refractivity contribution >= 4 is 45.6 Å². The third kappa shape index (κ3) is 3.71. The van der Waals surface area contributed by atoms with Crippen LogP contribution in [0.1, 0.15) is 0 Å². The van der Waals surface area contributed by atoms with Crippen molar-refractivity contribution in [2.24, 2.45) is 0 Å². The van der Waals surface area contributed by atoms with Gasteiger partial charge in [0.05, 0.1) is 12.8 Å². The van der Waals surface area contributed by atoms with Gasteiger partial charge < -0.3 is 10.1 Å². The summed E-state index contributed by atoms with van der Waals surface area (Å²) < 4.78 is 6.88. The summed E-state index contributed by atoms with van der Waals surface area (Å²) in [5.41, 5.74) is 2.44. The van der Waals surface area contributed by atoms with E-state index in [1.807, 2.05) is 29.6 Å². The summed E-state index contributed by atoms with van der Waals surface area (Å²) in [5, 5.41) is 12.2. The Hall–Kier alpha value is -3.10. The summed E-state index contributed by atoms with van der Waals surface area (Å²) in [7, 11) is 1.63. The molecule has 9 heteroatoms. The molecule has 27 heavy (non-hydrogen) atoms. The van der Waals surface area contributed by atoms with Crippen LogP contribution in [0.4, 0.5) is 16.4 Å². The molecule has 2 aromatic carbocycles. The zero-order valence-corrected chi connectivity index (χ0v) is 15.7. The standard InChI is InChI=1S/C18H14ClN5O2S/c1-26-14-7-5-11(6-8-14)15-10-27-18-22-16(23-24(15)18)21-17(25)20-13-4-2-3-12(19)9-13/h2-10H,1H3,(H2,20,21,23,25). The molecule has 2 heterocycles. The van der Waals surface area contributed by atoms with E-state index in [2.05, 4.69) is 20.7 Å². The van der Waals surface area contributed by atoms with Crippen molar-refractivity contribution in [2.75, 3.05) is 17.7 Å². The van der Waals surface area contributed by atoms with Crippen LogP contribution in [0.3, 0.4) is 0 Å². The predicted octanol–water partition coefficient (Wildman–Crippen LogP) is 4.76. The molecule has 2 amide bonds. The molecule has 2 N–H and O–H groups in total. The molecular formula is C18H14ClN5O2S. The molecule has 4 aromatic rings. The van der Waals surface area contributed by atoms with E-state index < -0.39 is 6.03 Å². The van der Waals surface area contributed by atoms with Gasteiger partial charge in [0.15, 0.2) is 0 Å². The number of thiazole rings is 1. The summed E-state index contributed by atoms with van der Waals surface area (Å²) in [6.45, 7) is 0. The van der Waals surface area contributed by atoms with Gasteiger partial charge in [-0.15, -0.1) is 16.4 Å². The maximum absolute atomic E-state index is 12.2. The van der Waals surface area contributed by atoms with E-state index in [9.17, 15) is 4.79 Å². The quantitative estimate of drug-likeness (QED) is 0.518. The van der Waals surface area contributed by atoms with Crippen LogP contribution in [0.25, 0.3) is 16.2 Å². The van der Waals surface area contributed by atoms with Crippen molar-refractivity contribution in [3.8, 4) is 17.0 Å². The maximum atomic E-state index is 12.2. The highest BCUT2D eigenvalue weighted by Gasteiger charge is 2.13. The van der Waals surface area contributed by atoms with E-state index in [1.165, 1.54) is 11.3 Å². The number of hydrogen-bond acceptors (Lipinski definition) is 5. The lowest BCUT2D eigenvalue weighted by Crippen LogP contribution is -2.20. The van der Waals surface area contributed by atoms with Crippen molar-refractivity contribution in [3.05, 3.63) is 58.9 Å². The normalized spacial score (nSPS) is 10.7. The van der Waals surface area contributed by atoms with Gasteiger partial charge in [-0.1, -0.05) is 17.7 Å². The summed E-state index contributed by atoms with van der Waals surface area (Å²) in [6.07, 6.45) is 0. The predicted molar refractivity (Wildman–Crippen MR) is 107 cm³/mol. The molecule has 0 saturated heterocycles. The molecule has 7 nitrogen and oxygen atoms in total. The molecule has 0 aliphatic heterocycles. The first-order valence-electron chi connectivity index (χ1n) is 7.94. The smallest absolute Gasteiger partial charge is 0.326 e. The highest BCUT2D eigenvalue weighted by molar-refractivity contribution is 7.15. The van der Waals surface area contributed by atoms with Crippen LogP contribution in [0.5, 0.6) is 5.75 Å². The molecule has 0 saturated carbocycles. The first-order chi connectivity index (χ1) is 13.1. The Kier molecular flexibility index (Phi) is 4.66. The zero-order valence-electron chi connectivity index (χ0n) is 14.1. The van der Waals surface area contributed by atoms with Crippen molar-refractivity contribution < 1.29 is 9.53 Å². The van der Waals surface area contributed by atoms with Crippen LogP contribution in [0, 0.1) is 0 Å². The van der Waals surface area contributed by atoms with E-state index in [1.54, 1.807) is 35.9 Å². The molecule has 0 unspecified atom stereocenters. The number of hydrogen-bond donors (Lipinski definition) is 2. The van der Waals surface area contributed by atoms with E-state index in [0.717, 1.165) is 17.0 Å². The Morgan fingerprint density at radius 1 is 1.19 bits per heavy atom. The second kappa shape index (κ2) is 7.26. The number of aromatic nitrogens is 3. The van der Waals surface area contributed by atoms with Gasteiger partial charge in [0.25, 0.3) is 5.95 Å². The molecular weight excluding hydrogens is 386 g/mol. The average Bonchev–Trinajstić information content (AvgIpc) is 3.21. The molecule has 0 bridgehead atoms. The van der Waals surface area contributed by atoms with Crippen molar-refractivity contribution in [2.45, 2.75) is 0 Å². The number of rotatable bonds is 4. The fourth-order valence-corrected chi connectivity index (χ4v) is 3.55. The maximum Gasteiger partial charge on any atom is 0.326 e. The monoisotopic (exact) mass is 399 g/mol. The number of anilines is 2. The van der Waals surface area contributed by atoms with Crippen molar-refractivity contribution in [3.63, 3.8) is 0 Å². The first-order valence-corrected chi connectivity index (χ1v) is 9.20. The van der Waals surface area contributed by atoms with E-state index >= 15 is 0 Å². The first kappa shape index (κ1) is 17.3. The van der Waals surface area contributed by atoms with Gasteiger partial charge in [0, 0.05) is 21.7 Å². The van der Waals surface area contributed by atoms with Crippen LogP contribution in [0.2, 0.25) is 5.02 Å². The third-order valence-corrected chi connectivity index (χ3v) is 4.83. The van der Waals surface area contributed by atoms with Crippen molar-refractivity contribution in [1.29, 1.82) is 0 Å². The number of benzene rings is 2. The number of methoxy groups -OCH3 is 1. The largest absolute Gasteiger partial charge is 0.497 e. The van der Waals surface area contributed by atoms with Crippen LogP contribution in [-0.4, -0.2) is 27.7 Å². The Morgan fingerprint density at radius 2 is 2.00 bits per heavy atom. The van der Waals surface area contributed by atoms with Crippen LogP contribution >= 0.6 is 22.9 Å². The molecule has 136 valence electrons. The summed E-state index contributed by atoms with van der Waals surface area (Å²) in [4.78, 5) is 17.2. The van der Waals surface area contributed by atoms with Gasteiger partial charge in [-0.25, -0.2) is 9.31 Å². The number of amides is 2. The highest BCUT2D eigenvalue weighted by Crippen LogP contribution is 2.27. The Labute approximate surface area is 163 Å². The lowest BCUT2D eigenvalue weighted by molar-refractivity contribution is 0.262. The molecule has 0 atom stereocenters. The second-order valence-corrected chi connectivity index (χ2v) is 6.84. The van der Waals surface area contributed by atoms with Gasteiger partial charge in [0.1, 0.15) is 5.75 Å². The van der Waals surface area contributed by atoms with E-state index in [-0.39, 0.29) is 5.95 Å². The SMILES string of the molecule is COc1ccc(-c2csc3nc(NC(=O)Nc4cccc(Cl)c4)nn23)cc1. The molecule has 0 aliphatic carbocycles. The molecule has 4 rings (SSSR count). The zero-order chi connectivity index (χ0) is 18.8. The fraction of sp³-hybridized carbons (Fsp3) is 0.0556. The lowest BCUT2D eigenvalue weighted by atomic mass is 10.2. The van der Waals surface area contributed by atoms with Gasteiger partial charge >= 0.3 is 6.03 Å². The average molecular weight is 400 g/mol. The highest BCUT2D eigenvalue weighted by atomic mass is 35.5. The minimum atomic E-state index is -0.443. The van der Waals surface area contributed by atoms with Crippen LogP contribution in [-0.2, 0) is 0 Å². The summed E-state index contributed by atoms with van der Waals surface area (Å²) in [5.74, 6) is 1.000. The third-order valence-electron chi connectivity index (χ3n) is 3.78. The summed E-state index contributed by atoms with van der Waals surface area (Å²) in [6, 6.07) is 14.1. The van der Waals surface area contributed by atoms with Gasteiger partial charge in [-0.3, -0.25) is 5.32 Å².